The number of hydrogen-bond acceptors (Lipinski definition) is 7. The Balaban J connectivity index is 1.84. The van der Waals surface area contributed by atoms with Crippen LogP contribution in [-0.2, 0) is 35.3 Å². The standard InChI is InChI=1S/C24H25F5O7S2/c25-18-6-7-19(26)22-21(18)23(38(33,34)16-4-2-15(3-5-16)24(27,28)29)9-11-35-20(17(23)14-36-22)8-13-37(31,32)12-1-10-30/h2-7,17,20,30H,1,8-14H2/t17?,20-,23-/m0/s1. The molecule has 210 valence electrons. The zero-order valence-electron chi connectivity index (χ0n) is 19.9. The van der Waals surface area contributed by atoms with Crippen molar-refractivity contribution in [2.24, 2.45) is 5.92 Å². The van der Waals surface area contributed by atoms with Crippen LogP contribution in [0.2, 0.25) is 0 Å². The molecule has 0 bridgehead atoms. The topological polar surface area (TPSA) is 107 Å². The van der Waals surface area contributed by atoms with Crippen molar-refractivity contribution in [2.75, 3.05) is 31.3 Å². The summed E-state index contributed by atoms with van der Waals surface area (Å²) >= 11 is 0. The summed E-state index contributed by atoms with van der Waals surface area (Å²) in [7, 11) is -8.37. The van der Waals surface area contributed by atoms with Crippen LogP contribution in [0.15, 0.2) is 41.3 Å². The van der Waals surface area contributed by atoms with E-state index in [1.54, 1.807) is 0 Å². The lowest BCUT2D eigenvalue weighted by atomic mass is 9.75. The first-order valence-corrected chi connectivity index (χ1v) is 15.0. The molecule has 0 radical (unpaired) electrons. The van der Waals surface area contributed by atoms with E-state index in [1.807, 2.05) is 0 Å². The normalized spacial score (nSPS) is 23.8. The Morgan fingerprint density at radius 2 is 1.63 bits per heavy atom. The van der Waals surface area contributed by atoms with Gasteiger partial charge in [-0.3, -0.25) is 0 Å². The first-order chi connectivity index (χ1) is 17.7. The molecule has 2 aromatic carbocycles. The molecule has 14 heteroatoms. The lowest BCUT2D eigenvalue weighted by Crippen LogP contribution is -2.57. The number of halogens is 5. The van der Waals surface area contributed by atoms with Crippen LogP contribution in [-0.4, -0.2) is 59.4 Å². The Labute approximate surface area is 216 Å². The fourth-order valence-electron chi connectivity index (χ4n) is 5.23. The highest BCUT2D eigenvalue weighted by atomic mass is 32.2. The molecule has 2 aliphatic heterocycles. The number of fused-ring (bicyclic) bond motifs is 3. The van der Waals surface area contributed by atoms with E-state index in [0.29, 0.717) is 12.1 Å². The second kappa shape index (κ2) is 10.4. The van der Waals surface area contributed by atoms with E-state index in [0.717, 1.165) is 24.3 Å². The van der Waals surface area contributed by atoms with Gasteiger partial charge in [-0.2, -0.15) is 13.2 Å². The third kappa shape index (κ3) is 5.03. The van der Waals surface area contributed by atoms with Crippen molar-refractivity contribution in [3.05, 3.63) is 59.2 Å². The Hall–Kier alpha value is -2.29. The SMILES string of the molecule is O=S(=O)(CCCO)CC[C@@H]1OCC[C@@]2(S(=O)(=O)c3ccc(C(F)(F)F)cc3)c3c(F)ccc(F)c3OCC12. The minimum absolute atomic E-state index is 0.00446. The van der Waals surface area contributed by atoms with Crippen LogP contribution in [0, 0.1) is 17.6 Å². The van der Waals surface area contributed by atoms with Crippen LogP contribution in [0.4, 0.5) is 22.0 Å². The van der Waals surface area contributed by atoms with Crippen LogP contribution in [0.5, 0.6) is 5.75 Å². The lowest BCUT2D eigenvalue weighted by molar-refractivity contribution is -0.137. The maximum atomic E-state index is 15.4. The number of rotatable bonds is 8. The maximum absolute atomic E-state index is 15.4. The molecule has 2 aliphatic rings. The monoisotopic (exact) mass is 584 g/mol. The minimum atomic E-state index is -4.73. The molecule has 0 aliphatic carbocycles. The Morgan fingerprint density at radius 3 is 2.26 bits per heavy atom. The highest BCUT2D eigenvalue weighted by molar-refractivity contribution is 7.92. The molecule has 0 amide bonds. The first-order valence-electron chi connectivity index (χ1n) is 11.7. The molecule has 2 heterocycles. The van der Waals surface area contributed by atoms with E-state index in [4.69, 9.17) is 14.6 Å². The van der Waals surface area contributed by atoms with E-state index >= 15 is 4.39 Å². The fourth-order valence-corrected chi connectivity index (χ4v) is 8.93. The maximum Gasteiger partial charge on any atom is 0.416 e. The van der Waals surface area contributed by atoms with Crippen LogP contribution >= 0.6 is 0 Å². The summed E-state index contributed by atoms with van der Waals surface area (Å²) in [6, 6.07) is 4.22. The Kier molecular flexibility index (Phi) is 7.83. The van der Waals surface area contributed by atoms with Crippen molar-refractivity contribution in [1.29, 1.82) is 0 Å². The van der Waals surface area contributed by atoms with Gasteiger partial charge in [0.25, 0.3) is 0 Å². The number of aliphatic hydroxyl groups is 1. The molecule has 38 heavy (non-hydrogen) atoms. The zero-order valence-corrected chi connectivity index (χ0v) is 21.5. The summed E-state index contributed by atoms with van der Waals surface area (Å²) in [5.41, 5.74) is -1.68. The van der Waals surface area contributed by atoms with E-state index in [-0.39, 0.29) is 38.2 Å². The first kappa shape index (κ1) is 28.7. The predicted octanol–water partition coefficient (Wildman–Crippen LogP) is 3.64. The molecule has 1 fully saturated rings. The van der Waals surface area contributed by atoms with Gasteiger partial charge >= 0.3 is 6.18 Å². The number of benzene rings is 2. The predicted molar refractivity (Wildman–Crippen MR) is 125 cm³/mol. The van der Waals surface area contributed by atoms with Gasteiger partial charge in [-0.25, -0.2) is 25.6 Å². The van der Waals surface area contributed by atoms with Gasteiger partial charge in [-0.1, -0.05) is 0 Å². The summed E-state index contributed by atoms with van der Waals surface area (Å²) in [5, 5.41) is 8.93. The molecule has 1 unspecified atom stereocenters. The van der Waals surface area contributed by atoms with Gasteiger partial charge in [0.15, 0.2) is 31.2 Å². The smallest absolute Gasteiger partial charge is 0.416 e. The fraction of sp³-hybridized carbons (Fsp3) is 0.500. The van der Waals surface area contributed by atoms with Gasteiger partial charge < -0.3 is 14.6 Å². The average Bonchev–Trinajstić information content (AvgIpc) is 2.87. The largest absolute Gasteiger partial charge is 0.490 e. The minimum Gasteiger partial charge on any atom is -0.490 e. The number of aliphatic hydroxyl groups excluding tert-OH is 1. The Bertz CT molecular complexity index is 1390. The number of ether oxygens (including phenoxy) is 2. The van der Waals surface area contributed by atoms with Crippen molar-refractivity contribution in [1.82, 2.24) is 0 Å². The highest BCUT2D eigenvalue weighted by Crippen LogP contribution is 2.56. The number of alkyl halides is 3. The second-order valence-corrected chi connectivity index (χ2v) is 13.8. The Morgan fingerprint density at radius 1 is 0.974 bits per heavy atom. The van der Waals surface area contributed by atoms with Gasteiger partial charge in [0.1, 0.15) is 10.6 Å². The molecule has 0 aromatic heterocycles. The molecule has 1 saturated heterocycles. The van der Waals surface area contributed by atoms with E-state index in [1.165, 1.54) is 0 Å². The molecule has 4 rings (SSSR count). The van der Waals surface area contributed by atoms with Crippen molar-refractivity contribution in [3.63, 3.8) is 0 Å². The van der Waals surface area contributed by atoms with Crippen molar-refractivity contribution >= 4 is 19.7 Å². The average molecular weight is 585 g/mol. The molecule has 7 nitrogen and oxygen atoms in total. The van der Waals surface area contributed by atoms with E-state index in [2.05, 4.69) is 0 Å². The third-order valence-corrected chi connectivity index (χ3v) is 11.4. The van der Waals surface area contributed by atoms with Gasteiger partial charge in [0.2, 0.25) is 0 Å². The molecule has 0 spiro atoms. The lowest BCUT2D eigenvalue weighted by Gasteiger charge is -2.50. The number of sulfone groups is 2. The van der Waals surface area contributed by atoms with Crippen molar-refractivity contribution in [3.8, 4) is 5.75 Å². The van der Waals surface area contributed by atoms with Crippen LogP contribution in [0.3, 0.4) is 0 Å². The summed E-state index contributed by atoms with van der Waals surface area (Å²) in [4.78, 5) is -0.539. The molecule has 1 N–H and O–H groups in total. The van der Waals surface area contributed by atoms with Crippen LogP contribution < -0.4 is 4.74 Å². The quantitative estimate of drug-likeness (QED) is 0.473. The van der Waals surface area contributed by atoms with Gasteiger partial charge in [-0.05, 0) is 55.7 Å². The third-order valence-electron chi connectivity index (χ3n) is 7.04. The zero-order chi connectivity index (χ0) is 27.9. The molecular weight excluding hydrogens is 559 g/mol. The molecule has 2 aromatic rings. The summed E-state index contributed by atoms with van der Waals surface area (Å²) in [5.74, 6) is -4.67. The molecule has 0 saturated carbocycles. The van der Waals surface area contributed by atoms with Gasteiger partial charge in [-0.15, -0.1) is 0 Å². The number of hydrogen-bond donors (Lipinski definition) is 1. The van der Waals surface area contributed by atoms with Crippen molar-refractivity contribution in [2.45, 2.75) is 41.2 Å². The summed E-state index contributed by atoms with van der Waals surface area (Å²) < 4.78 is 132. The van der Waals surface area contributed by atoms with Crippen LogP contribution in [0.25, 0.3) is 0 Å². The van der Waals surface area contributed by atoms with E-state index < -0.39 is 88.4 Å². The van der Waals surface area contributed by atoms with Gasteiger partial charge in [0, 0.05) is 19.1 Å². The summed E-state index contributed by atoms with van der Waals surface area (Å²) in [6.45, 7) is -1.08. The second-order valence-electron chi connectivity index (χ2n) is 9.24. The molecular formula is C24H25F5O7S2. The summed E-state index contributed by atoms with van der Waals surface area (Å²) in [6.07, 6.45) is -6.36. The highest BCUT2D eigenvalue weighted by Gasteiger charge is 2.61. The van der Waals surface area contributed by atoms with Gasteiger partial charge in [0.05, 0.1) is 40.2 Å². The van der Waals surface area contributed by atoms with Crippen LogP contribution in [0.1, 0.15) is 30.4 Å². The van der Waals surface area contributed by atoms with Crippen molar-refractivity contribution < 1.29 is 53.4 Å². The van der Waals surface area contributed by atoms with E-state index in [9.17, 15) is 34.4 Å². The molecule has 3 atom stereocenters.